The lowest BCUT2D eigenvalue weighted by Gasteiger charge is -2.18. The van der Waals surface area contributed by atoms with E-state index in [1.54, 1.807) is 6.07 Å². The molecule has 4 heteroatoms. The number of anilines is 1. The molecular weight excluding hydrogens is 271 g/mol. The van der Waals surface area contributed by atoms with Gasteiger partial charge in [-0.1, -0.05) is 13.8 Å². The first-order valence-corrected chi connectivity index (χ1v) is 6.38. The van der Waals surface area contributed by atoms with Gasteiger partial charge in [-0.25, -0.2) is 4.39 Å². The lowest BCUT2D eigenvalue weighted by atomic mass is 10.3. The first-order chi connectivity index (χ1) is 7.67. The fourth-order valence-corrected chi connectivity index (χ4v) is 2.01. The summed E-state index contributed by atoms with van der Waals surface area (Å²) in [6, 6.07) is 4.69. The normalized spacial score (nSPS) is 10.8. The van der Waals surface area contributed by atoms with Gasteiger partial charge in [0, 0.05) is 23.2 Å². The Bertz CT molecular complexity index is 327. The summed E-state index contributed by atoms with van der Waals surface area (Å²) in [6.45, 7) is 8.28. The Morgan fingerprint density at radius 3 is 2.56 bits per heavy atom. The summed E-state index contributed by atoms with van der Waals surface area (Å²) in [5.41, 5.74) is 0.938. The van der Waals surface area contributed by atoms with Gasteiger partial charge < -0.3 is 10.2 Å². The first-order valence-electron chi connectivity index (χ1n) is 5.58. The highest BCUT2D eigenvalue weighted by molar-refractivity contribution is 9.10. The van der Waals surface area contributed by atoms with Crippen molar-refractivity contribution in [1.29, 1.82) is 0 Å². The molecule has 90 valence electrons. The molecule has 16 heavy (non-hydrogen) atoms. The highest BCUT2D eigenvalue weighted by atomic mass is 79.9. The highest BCUT2D eigenvalue weighted by Crippen LogP contribution is 2.22. The van der Waals surface area contributed by atoms with Crippen LogP contribution in [0.3, 0.4) is 0 Å². The van der Waals surface area contributed by atoms with Crippen LogP contribution in [0.2, 0.25) is 0 Å². The van der Waals surface area contributed by atoms with Gasteiger partial charge in [-0.3, -0.25) is 0 Å². The minimum Gasteiger partial charge on any atom is -0.383 e. The van der Waals surface area contributed by atoms with Crippen LogP contribution in [0.15, 0.2) is 22.7 Å². The number of hydrogen-bond donors (Lipinski definition) is 1. The van der Waals surface area contributed by atoms with Crippen LogP contribution in [0, 0.1) is 5.82 Å². The lowest BCUT2D eigenvalue weighted by Crippen LogP contribution is -2.28. The number of halogens is 2. The highest BCUT2D eigenvalue weighted by Gasteiger charge is 2.02. The van der Waals surface area contributed by atoms with E-state index in [0.717, 1.165) is 36.3 Å². The minimum absolute atomic E-state index is 0.221. The van der Waals surface area contributed by atoms with E-state index in [0.29, 0.717) is 0 Å². The summed E-state index contributed by atoms with van der Waals surface area (Å²) in [6.07, 6.45) is 0. The molecule has 0 saturated carbocycles. The summed E-state index contributed by atoms with van der Waals surface area (Å²) < 4.78 is 13.6. The van der Waals surface area contributed by atoms with E-state index in [9.17, 15) is 4.39 Å². The standard InChI is InChI=1S/C12H18BrFN2/c1-3-16(4-2)8-7-15-12-6-5-10(14)9-11(12)13/h5-6,9,15H,3-4,7-8H2,1-2H3. The third-order valence-corrected chi connectivity index (χ3v) is 3.23. The van der Waals surface area contributed by atoms with Crippen LogP contribution in [0.5, 0.6) is 0 Å². The maximum absolute atomic E-state index is 12.8. The summed E-state index contributed by atoms with van der Waals surface area (Å²) in [7, 11) is 0. The summed E-state index contributed by atoms with van der Waals surface area (Å²) >= 11 is 3.33. The lowest BCUT2D eigenvalue weighted by molar-refractivity contribution is 0.316. The van der Waals surface area contributed by atoms with Crippen LogP contribution in [0.1, 0.15) is 13.8 Å². The Balaban J connectivity index is 2.42. The van der Waals surface area contributed by atoms with E-state index >= 15 is 0 Å². The van der Waals surface area contributed by atoms with Crippen LogP contribution in [0.4, 0.5) is 10.1 Å². The van der Waals surface area contributed by atoms with E-state index in [-0.39, 0.29) is 5.82 Å². The topological polar surface area (TPSA) is 15.3 Å². The molecular formula is C12H18BrFN2. The van der Waals surface area contributed by atoms with Crippen molar-refractivity contribution in [2.24, 2.45) is 0 Å². The molecule has 2 nitrogen and oxygen atoms in total. The molecule has 0 aliphatic carbocycles. The first kappa shape index (κ1) is 13.5. The molecule has 0 aliphatic rings. The average Bonchev–Trinajstić information content (AvgIpc) is 2.27. The monoisotopic (exact) mass is 288 g/mol. The van der Waals surface area contributed by atoms with Crippen LogP contribution in [0.25, 0.3) is 0 Å². The van der Waals surface area contributed by atoms with Crippen molar-refractivity contribution in [3.05, 3.63) is 28.5 Å². The Kier molecular flexibility index (Phi) is 5.77. The minimum atomic E-state index is -0.221. The van der Waals surface area contributed by atoms with Crippen LogP contribution in [-0.4, -0.2) is 31.1 Å². The zero-order valence-electron chi connectivity index (χ0n) is 9.76. The molecule has 1 aromatic rings. The van der Waals surface area contributed by atoms with Gasteiger partial charge in [-0.05, 0) is 47.2 Å². The molecule has 0 aromatic heterocycles. The Morgan fingerprint density at radius 1 is 1.31 bits per heavy atom. The average molecular weight is 289 g/mol. The second kappa shape index (κ2) is 6.86. The molecule has 0 spiro atoms. The summed E-state index contributed by atoms with van der Waals surface area (Å²) in [5, 5.41) is 3.28. The molecule has 0 atom stereocenters. The largest absolute Gasteiger partial charge is 0.383 e. The van der Waals surface area contributed by atoms with Gasteiger partial charge in [0.25, 0.3) is 0 Å². The van der Waals surface area contributed by atoms with E-state index in [2.05, 4.69) is 40.0 Å². The molecule has 1 rings (SSSR count). The van der Waals surface area contributed by atoms with Crippen molar-refractivity contribution < 1.29 is 4.39 Å². The van der Waals surface area contributed by atoms with Crippen molar-refractivity contribution in [3.8, 4) is 0 Å². The molecule has 1 aromatic carbocycles. The van der Waals surface area contributed by atoms with Crippen molar-refractivity contribution in [3.63, 3.8) is 0 Å². The molecule has 0 fully saturated rings. The van der Waals surface area contributed by atoms with Crippen molar-refractivity contribution in [2.45, 2.75) is 13.8 Å². The van der Waals surface area contributed by atoms with Gasteiger partial charge >= 0.3 is 0 Å². The zero-order chi connectivity index (χ0) is 12.0. The van der Waals surface area contributed by atoms with Crippen molar-refractivity contribution in [1.82, 2.24) is 4.90 Å². The van der Waals surface area contributed by atoms with Crippen LogP contribution >= 0.6 is 15.9 Å². The number of likely N-dealkylation sites (N-methyl/N-ethyl adjacent to an activating group) is 1. The Labute approximate surface area is 105 Å². The number of rotatable bonds is 6. The molecule has 0 heterocycles. The maximum atomic E-state index is 12.8. The number of hydrogen-bond acceptors (Lipinski definition) is 2. The third-order valence-electron chi connectivity index (χ3n) is 2.57. The number of nitrogens with one attached hydrogen (secondary N) is 1. The number of benzene rings is 1. The van der Waals surface area contributed by atoms with Crippen LogP contribution in [-0.2, 0) is 0 Å². The predicted octanol–water partition coefficient (Wildman–Crippen LogP) is 3.34. The fraction of sp³-hybridized carbons (Fsp3) is 0.500. The van der Waals surface area contributed by atoms with Gasteiger partial charge in [-0.2, -0.15) is 0 Å². The van der Waals surface area contributed by atoms with Crippen molar-refractivity contribution in [2.75, 3.05) is 31.5 Å². The molecule has 0 radical (unpaired) electrons. The number of nitrogens with zero attached hydrogens (tertiary/aromatic N) is 1. The summed E-state index contributed by atoms with van der Waals surface area (Å²) in [5.74, 6) is -0.221. The molecule has 0 amide bonds. The molecule has 0 aliphatic heterocycles. The molecule has 0 bridgehead atoms. The second-order valence-corrected chi connectivity index (χ2v) is 4.43. The predicted molar refractivity (Wildman–Crippen MR) is 70.4 cm³/mol. The third kappa shape index (κ3) is 4.10. The fourth-order valence-electron chi connectivity index (χ4n) is 1.52. The SMILES string of the molecule is CCN(CC)CCNc1ccc(F)cc1Br. The quantitative estimate of drug-likeness (QED) is 0.864. The molecule has 1 N–H and O–H groups in total. The maximum Gasteiger partial charge on any atom is 0.124 e. The molecule has 0 saturated heterocycles. The van der Waals surface area contributed by atoms with Gasteiger partial charge in [0.1, 0.15) is 5.82 Å². The van der Waals surface area contributed by atoms with Gasteiger partial charge in [0.2, 0.25) is 0 Å². The molecule has 0 unspecified atom stereocenters. The van der Waals surface area contributed by atoms with E-state index < -0.39 is 0 Å². The van der Waals surface area contributed by atoms with Gasteiger partial charge in [0.05, 0.1) is 0 Å². The summed E-state index contributed by atoms with van der Waals surface area (Å²) in [4.78, 5) is 2.34. The van der Waals surface area contributed by atoms with Crippen LogP contribution < -0.4 is 5.32 Å². The van der Waals surface area contributed by atoms with E-state index in [1.165, 1.54) is 12.1 Å². The Hall–Kier alpha value is -0.610. The van der Waals surface area contributed by atoms with E-state index in [4.69, 9.17) is 0 Å². The van der Waals surface area contributed by atoms with Crippen molar-refractivity contribution >= 4 is 21.6 Å². The Morgan fingerprint density at radius 2 is 2.00 bits per heavy atom. The van der Waals surface area contributed by atoms with Gasteiger partial charge in [0.15, 0.2) is 0 Å². The second-order valence-electron chi connectivity index (χ2n) is 3.58. The van der Waals surface area contributed by atoms with Gasteiger partial charge in [-0.15, -0.1) is 0 Å². The van der Waals surface area contributed by atoms with E-state index in [1.807, 2.05) is 0 Å². The zero-order valence-corrected chi connectivity index (χ0v) is 11.3. The smallest absolute Gasteiger partial charge is 0.124 e.